The van der Waals surface area contributed by atoms with Crippen LogP contribution in [0, 0.1) is 5.41 Å². The van der Waals surface area contributed by atoms with Crippen molar-refractivity contribution in [3.63, 3.8) is 0 Å². The van der Waals surface area contributed by atoms with Gasteiger partial charge in [0.25, 0.3) is 5.91 Å². The average molecular weight is 633 g/mol. The predicted molar refractivity (Wildman–Crippen MR) is 176 cm³/mol. The molecule has 1 amide bonds. The molecule has 1 fully saturated rings. The molecule has 0 saturated carbocycles. The van der Waals surface area contributed by atoms with Crippen LogP contribution in [0.2, 0.25) is 0 Å². The van der Waals surface area contributed by atoms with Gasteiger partial charge in [0.2, 0.25) is 0 Å². The molecule has 1 aliphatic heterocycles. The number of likely N-dealkylation sites (N-methyl/N-ethyl adjacent to an activating group) is 1. The first kappa shape index (κ1) is 35.3. The number of carbonyl (C=O) groups is 2. The van der Waals surface area contributed by atoms with Gasteiger partial charge in [-0.05, 0) is 44.5 Å². The van der Waals surface area contributed by atoms with Crippen molar-refractivity contribution in [2.45, 2.75) is 65.0 Å². The number of carbonyl (C=O) groups excluding carboxylic acids is 2. The lowest BCUT2D eigenvalue weighted by molar-refractivity contribution is -0.198. The second-order valence-electron chi connectivity index (χ2n) is 12.8. The molecule has 3 aromatic carbocycles. The number of esters is 1. The van der Waals surface area contributed by atoms with Gasteiger partial charge in [-0.15, -0.1) is 0 Å². The van der Waals surface area contributed by atoms with Crippen molar-refractivity contribution in [2.24, 2.45) is 5.41 Å². The third-order valence-corrected chi connectivity index (χ3v) is 7.90. The zero-order valence-corrected chi connectivity index (χ0v) is 27.4. The van der Waals surface area contributed by atoms with Gasteiger partial charge < -0.3 is 33.9 Å². The lowest BCUT2D eigenvalue weighted by Crippen LogP contribution is -2.58. The Labute approximate surface area is 273 Å². The van der Waals surface area contributed by atoms with Crippen molar-refractivity contribution in [2.75, 3.05) is 39.8 Å². The average Bonchev–Trinajstić information content (AvgIpc) is 3.06. The summed E-state index contributed by atoms with van der Waals surface area (Å²) in [4.78, 5) is 31.0. The zero-order chi connectivity index (χ0) is 32.9. The molecule has 9 heteroatoms. The van der Waals surface area contributed by atoms with E-state index < -0.39 is 35.8 Å². The highest BCUT2D eigenvalue weighted by Crippen LogP contribution is 2.24. The minimum Gasteiger partial charge on any atom is -0.462 e. The fourth-order valence-corrected chi connectivity index (χ4v) is 5.06. The molecule has 46 heavy (non-hydrogen) atoms. The van der Waals surface area contributed by atoms with E-state index in [1.165, 1.54) is 0 Å². The van der Waals surface area contributed by atoms with E-state index in [0.29, 0.717) is 13.1 Å². The predicted octanol–water partition coefficient (Wildman–Crippen LogP) is 4.47. The van der Waals surface area contributed by atoms with E-state index in [9.17, 15) is 14.7 Å². The number of rotatable bonds is 15. The maximum absolute atomic E-state index is 14.4. The Bertz CT molecular complexity index is 1330. The van der Waals surface area contributed by atoms with Crippen molar-refractivity contribution in [3.8, 4) is 0 Å². The lowest BCUT2D eigenvalue weighted by atomic mass is 9.97. The van der Waals surface area contributed by atoms with Crippen LogP contribution in [-0.2, 0) is 48.4 Å². The molecule has 1 N–H and O–H groups in total. The highest BCUT2D eigenvalue weighted by atomic mass is 16.6. The summed E-state index contributed by atoms with van der Waals surface area (Å²) in [5, 5.41) is 11.7. The van der Waals surface area contributed by atoms with E-state index in [-0.39, 0.29) is 32.3 Å². The van der Waals surface area contributed by atoms with Crippen molar-refractivity contribution in [1.29, 1.82) is 0 Å². The first-order chi connectivity index (χ1) is 22.1. The fraction of sp³-hybridized carbons (Fsp3) is 0.459. The lowest BCUT2D eigenvalue weighted by Gasteiger charge is -2.39. The number of nitrogens with zero attached hydrogens (tertiary/aromatic N) is 2. The summed E-state index contributed by atoms with van der Waals surface area (Å²) in [6.45, 7) is 7.86. The third-order valence-electron chi connectivity index (χ3n) is 7.90. The molecular formula is C37H48N2O7. The maximum atomic E-state index is 14.4. The zero-order valence-electron chi connectivity index (χ0n) is 27.4. The van der Waals surface area contributed by atoms with E-state index in [0.717, 1.165) is 29.8 Å². The van der Waals surface area contributed by atoms with Gasteiger partial charge >= 0.3 is 5.97 Å². The number of aliphatic hydroxyl groups is 1. The van der Waals surface area contributed by atoms with Crippen LogP contribution in [0.5, 0.6) is 0 Å². The van der Waals surface area contributed by atoms with Crippen LogP contribution < -0.4 is 0 Å². The van der Waals surface area contributed by atoms with Crippen LogP contribution in [0.15, 0.2) is 91.0 Å². The van der Waals surface area contributed by atoms with Gasteiger partial charge in [0.05, 0.1) is 25.2 Å². The molecule has 1 saturated heterocycles. The summed E-state index contributed by atoms with van der Waals surface area (Å²) in [5.74, 6) is -0.699. The fourth-order valence-electron chi connectivity index (χ4n) is 5.06. The largest absolute Gasteiger partial charge is 0.462 e. The quantitative estimate of drug-likeness (QED) is 0.245. The molecular weight excluding hydrogens is 584 g/mol. The highest BCUT2D eigenvalue weighted by Gasteiger charge is 2.43. The second kappa shape index (κ2) is 17.4. The van der Waals surface area contributed by atoms with Crippen molar-refractivity contribution in [1.82, 2.24) is 9.80 Å². The van der Waals surface area contributed by atoms with Crippen LogP contribution in [-0.4, -0.2) is 91.0 Å². The summed E-state index contributed by atoms with van der Waals surface area (Å²) in [7, 11) is 2.03. The Kier molecular flexibility index (Phi) is 13.3. The normalized spacial score (nSPS) is 16.8. The number of piperazine rings is 1. The van der Waals surface area contributed by atoms with E-state index in [4.69, 9.17) is 18.9 Å². The van der Waals surface area contributed by atoms with Gasteiger partial charge in [0, 0.05) is 26.2 Å². The van der Waals surface area contributed by atoms with Gasteiger partial charge in [-0.2, -0.15) is 0 Å². The molecule has 0 radical (unpaired) electrons. The number of benzene rings is 3. The summed E-state index contributed by atoms with van der Waals surface area (Å²) in [6.07, 6.45) is -4.59. The number of ether oxygens (including phenoxy) is 4. The Morgan fingerprint density at radius 3 is 1.59 bits per heavy atom. The molecule has 0 spiro atoms. The first-order valence-electron chi connectivity index (χ1n) is 15.9. The van der Waals surface area contributed by atoms with Crippen LogP contribution in [0.3, 0.4) is 0 Å². The molecule has 1 unspecified atom stereocenters. The molecule has 4 rings (SSSR count). The summed E-state index contributed by atoms with van der Waals surface area (Å²) in [5.41, 5.74) is 1.89. The van der Waals surface area contributed by atoms with E-state index >= 15 is 0 Å². The van der Waals surface area contributed by atoms with E-state index in [1.54, 1.807) is 25.7 Å². The van der Waals surface area contributed by atoms with Crippen LogP contribution >= 0.6 is 0 Å². The molecule has 1 aliphatic rings. The number of aliphatic hydroxyl groups excluding tert-OH is 1. The maximum Gasteiger partial charge on any atom is 0.311 e. The van der Waals surface area contributed by atoms with Gasteiger partial charge in [0.1, 0.15) is 24.9 Å². The summed E-state index contributed by atoms with van der Waals surface area (Å²) >= 11 is 0. The van der Waals surface area contributed by atoms with Gasteiger partial charge in [-0.3, -0.25) is 9.59 Å². The molecule has 248 valence electrons. The first-order valence-corrected chi connectivity index (χ1v) is 15.9. The SMILES string of the molecule is CN1CCN(C(=O)[C@H](OCc2ccccc2)[C@@H](OCc2ccccc2)[C@H](OCc2ccccc2)C(O)COC(=O)C(C)(C)C)CC1. The second-order valence-corrected chi connectivity index (χ2v) is 12.8. The topological polar surface area (TPSA) is 97.8 Å². The Hall–Kier alpha value is -3.60. The van der Waals surface area contributed by atoms with Crippen LogP contribution in [0.1, 0.15) is 37.5 Å². The molecule has 1 heterocycles. The summed E-state index contributed by atoms with van der Waals surface area (Å²) in [6, 6.07) is 28.8. The summed E-state index contributed by atoms with van der Waals surface area (Å²) < 4.78 is 25.0. The van der Waals surface area contributed by atoms with Gasteiger partial charge in [0.15, 0.2) is 6.10 Å². The van der Waals surface area contributed by atoms with Gasteiger partial charge in [-0.25, -0.2) is 0 Å². The molecule has 0 bridgehead atoms. The smallest absolute Gasteiger partial charge is 0.311 e. The van der Waals surface area contributed by atoms with Gasteiger partial charge in [-0.1, -0.05) is 91.0 Å². The van der Waals surface area contributed by atoms with E-state index in [1.807, 2.05) is 98.0 Å². The standard InChI is InChI=1S/C37H48N2O7/c1-37(2,3)36(42)46-27-31(40)32(43-24-28-14-8-5-9-15-28)33(44-25-29-16-10-6-11-17-29)34(45-26-30-18-12-7-13-19-30)35(41)39-22-20-38(4)21-23-39/h5-19,31-34,40H,20-27H2,1-4H3/t31?,32-,33+,34-/m1/s1. The minimum absolute atomic E-state index is 0.134. The van der Waals surface area contributed by atoms with Crippen LogP contribution in [0.25, 0.3) is 0 Å². The van der Waals surface area contributed by atoms with Crippen molar-refractivity contribution < 1.29 is 33.6 Å². The Morgan fingerprint density at radius 2 is 1.13 bits per heavy atom. The Morgan fingerprint density at radius 1 is 0.696 bits per heavy atom. The molecule has 3 aromatic rings. The number of hydrogen-bond acceptors (Lipinski definition) is 8. The molecule has 0 aromatic heterocycles. The van der Waals surface area contributed by atoms with Crippen LogP contribution in [0.4, 0.5) is 0 Å². The highest BCUT2D eigenvalue weighted by molar-refractivity contribution is 5.82. The van der Waals surface area contributed by atoms with Crippen molar-refractivity contribution in [3.05, 3.63) is 108 Å². The monoisotopic (exact) mass is 632 g/mol. The Balaban J connectivity index is 1.69. The minimum atomic E-state index is -1.32. The number of amides is 1. The number of hydrogen-bond donors (Lipinski definition) is 1. The van der Waals surface area contributed by atoms with Crippen molar-refractivity contribution >= 4 is 11.9 Å². The third kappa shape index (κ3) is 10.7. The molecule has 0 aliphatic carbocycles. The molecule has 4 atom stereocenters. The molecule has 9 nitrogen and oxygen atoms in total. The van der Waals surface area contributed by atoms with E-state index in [2.05, 4.69) is 4.90 Å².